The van der Waals surface area contributed by atoms with Crippen LogP contribution in [0.1, 0.15) is 47.2 Å². The highest BCUT2D eigenvalue weighted by atomic mass is 19.1. The Kier molecular flexibility index (Phi) is 6.92. The zero-order chi connectivity index (χ0) is 24.2. The van der Waals surface area contributed by atoms with Crippen LogP contribution in [0.15, 0.2) is 30.5 Å². The van der Waals surface area contributed by atoms with E-state index in [-0.39, 0.29) is 43.7 Å². The van der Waals surface area contributed by atoms with Crippen LogP contribution in [0.4, 0.5) is 10.1 Å². The molecular weight excluding hydrogens is 445 g/mol. The first-order chi connectivity index (χ1) is 16.3. The van der Waals surface area contributed by atoms with Gasteiger partial charge < -0.3 is 15.0 Å². The Hall–Kier alpha value is -3.73. The van der Waals surface area contributed by atoms with Crippen molar-refractivity contribution in [3.8, 4) is 0 Å². The van der Waals surface area contributed by atoms with Gasteiger partial charge in [0.05, 0.1) is 17.3 Å². The monoisotopic (exact) mass is 469 g/mol. The van der Waals surface area contributed by atoms with Crippen molar-refractivity contribution in [2.24, 2.45) is 0 Å². The second kappa shape index (κ2) is 10.0. The number of aryl methyl sites for hydroxylation is 1. The van der Waals surface area contributed by atoms with Crippen molar-refractivity contribution in [2.75, 3.05) is 31.6 Å². The number of imide groups is 1. The summed E-state index contributed by atoms with van der Waals surface area (Å²) in [7, 11) is 0. The number of benzene rings is 1. The number of halogens is 1. The van der Waals surface area contributed by atoms with Gasteiger partial charge in [0, 0.05) is 31.4 Å². The Morgan fingerprint density at radius 1 is 1.18 bits per heavy atom. The normalized spacial score (nSPS) is 18.4. The van der Waals surface area contributed by atoms with Gasteiger partial charge in [-0.3, -0.25) is 24.1 Å². The molecule has 2 aliphatic heterocycles. The maximum Gasteiger partial charge on any atom is 0.259 e. The zero-order valence-electron chi connectivity index (χ0n) is 18.6. The van der Waals surface area contributed by atoms with Crippen molar-refractivity contribution in [3.63, 3.8) is 0 Å². The number of hydrogen-bond acceptors (Lipinski definition) is 7. The molecule has 0 saturated carbocycles. The Bertz CT molecular complexity index is 1110. The zero-order valence-corrected chi connectivity index (χ0v) is 18.6. The molecule has 1 atom stereocenters. The average molecular weight is 469 g/mol. The van der Waals surface area contributed by atoms with E-state index in [4.69, 9.17) is 4.74 Å². The molecule has 1 aromatic carbocycles. The maximum atomic E-state index is 13.1. The molecule has 11 heteroatoms. The minimum atomic E-state index is -0.449. The molecule has 4 rings (SSSR count). The summed E-state index contributed by atoms with van der Waals surface area (Å²) in [6.45, 7) is 1.87. The molecule has 10 nitrogen and oxygen atoms in total. The van der Waals surface area contributed by atoms with Crippen molar-refractivity contribution >= 4 is 29.3 Å². The van der Waals surface area contributed by atoms with Crippen molar-refractivity contribution in [1.82, 2.24) is 19.8 Å². The first-order valence-corrected chi connectivity index (χ1v) is 10.9. The lowest BCUT2D eigenvalue weighted by Gasteiger charge is -2.27. The van der Waals surface area contributed by atoms with Crippen LogP contribution in [0.3, 0.4) is 0 Å². The van der Waals surface area contributed by atoms with Gasteiger partial charge in [-0.1, -0.05) is 0 Å². The predicted molar refractivity (Wildman–Crippen MR) is 117 cm³/mol. The molecule has 0 bridgehead atoms. The summed E-state index contributed by atoms with van der Waals surface area (Å²) in [5, 5.41) is 2.68. The van der Waals surface area contributed by atoms with Crippen LogP contribution in [0, 0.1) is 12.7 Å². The van der Waals surface area contributed by atoms with E-state index in [0.29, 0.717) is 30.2 Å². The minimum absolute atomic E-state index is 0.00508. The standard InChI is InChI=1S/C23H24FN5O5/c1-14-17(23(33)27-16-6-4-15(24)5-7-16)11-25-22(26-14)18-3-2-9-28(18)19(30)8-10-29-20(31)12-34-13-21(29)32/h4-7,11,18H,2-3,8-10,12-13H2,1H3,(H,27,33). The van der Waals surface area contributed by atoms with Crippen LogP contribution in [0.5, 0.6) is 0 Å². The third-order valence-corrected chi connectivity index (χ3v) is 5.82. The Morgan fingerprint density at radius 3 is 2.56 bits per heavy atom. The predicted octanol–water partition coefficient (Wildman–Crippen LogP) is 1.62. The number of ether oxygens (including phenoxy) is 1. The number of nitrogens with one attached hydrogen (secondary N) is 1. The van der Waals surface area contributed by atoms with E-state index in [9.17, 15) is 23.6 Å². The van der Waals surface area contributed by atoms with Crippen molar-refractivity contribution in [2.45, 2.75) is 32.2 Å². The van der Waals surface area contributed by atoms with Crippen LogP contribution in [0.25, 0.3) is 0 Å². The van der Waals surface area contributed by atoms with Gasteiger partial charge in [0.25, 0.3) is 17.7 Å². The molecule has 2 aromatic rings. The summed E-state index contributed by atoms with van der Waals surface area (Å²) in [6.07, 6.45) is 2.86. The molecule has 34 heavy (non-hydrogen) atoms. The largest absolute Gasteiger partial charge is 0.362 e. The summed E-state index contributed by atoms with van der Waals surface area (Å²) in [6, 6.07) is 5.06. The molecule has 0 radical (unpaired) electrons. The molecule has 1 N–H and O–H groups in total. The first kappa shape index (κ1) is 23.4. The number of nitrogens with zero attached hydrogens (tertiary/aromatic N) is 4. The molecule has 4 amide bonds. The third kappa shape index (κ3) is 5.09. The number of carbonyl (C=O) groups excluding carboxylic acids is 4. The van der Waals surface area contributed by atoms with E-state index < -0.39 is 23.5 Å². The fourth-order valence-electron chi connectivity index (χ4n) is 4.05. The Morgan fingerprint density at radius 2 is 1.88 bits per heavy atom. The van der Waals surface area contributed by atoms with Crippen LogP contribution in [-0.2, 0) is 19.1 Å². The number of rotatable bonds is 6. The topological polar surface area (TPSA) is 122 Å². The van der Waals surface area contributed by atoms with Gasteiger partial charge in [0.1, 0.15) is 19.0 Å². The number of anilines is 1. The van der Waals surface area contributed by atoms with Gasteiger partial charge in [0.15, 0.2) is 5.82 Å². The summed E-state index contributed by atoms with van der Waals surface area (Å²) < 4.78 is 18.0. The fourth-order valence-corrected chi connectivity index (χ4v) is 4.05. The lowest BCUT2D eigenvalue weighted by Crippen LogP contribution is -2.47. The lowest BCUT2D eigenvalue weighted by atomic mass is 10.1. The molecule has 2 fully saturated rings. The van der Waals surface area contributed by atoms with Gasteiger partial charge in [-0.15, -0.1) is 0 Å². The number of amides is 4. The fraction of sp³-hybridized carbons (Fsp3) is 0.391. The molecule has 2 aliphatic rings. The van der Waals surface area contributed by atoms with Crippen molar-refractivity contribution < 1.29 is 28.3 Å². The highest BCUT2D eigenvalue weighted by molar-refractivity contribution is 6.04. The van der Waals surface area contributed by atoms with Crippen LogP contribution < -0.4 is 5.32 Å². The second-order valence-corrected chi connectivity index (χ2v) is 8.12. The van der Waals surface area contributed by atoms with Gasteiger partial charge >= 0.3 is 0 Å². The molecule has 178 valence electrons. The van der Waals surface area contributed by atoms with Crippen LogP contribution in [-0.4, -0.2) is 69.7 Å². The Balaban J connectivity index is 1.41. The molecular formula is C23H24FN5O5. The Labute approximate surface area is 195 Å². The second-order valence-electron chi connectivity index (χ2n) is 8.12. The number of carbonyl (C=O) groups is 4. The van der Waals surface area contributed by atoms with E-state index in [1.807, 2.05) is 0 Å². The lowest BCUT2D eigenvalue weighted by molar-refractivity contribution is -0.158. The highest BCUT2D eigenvalue weighted by Crippen LogP contribution is 2.30. The van der Waals surface area contributed by atoms with Crippen LogP contribution in [0.2, 0.25) is 0 Å². The van der Waals surface area contributed by atoms with E-state index >= 15 is 0 Å². The van der Waals surface area contributed by atoms with E-state index in [0.717, 1.165) is 11.3 Å². The van der Waals surface area contributed by atoms with Gasteiger partial charge in [-0.25, -0.2) is 14.4 Å². The molecule has 0 aliphatic carbocycles. The van der Waals surface area contributed by atoms with E-state index in [1.165, 1.54) is 30.5 Å². The molecule has 1 aromatic heterocycles. The highest BCUT2D eigenvalue weighted by Gasteiger charge is 2.34. The average Bonchev–Trinajstić information content (AvgIpc) is 3.30. The quantitative estimate of drug-likeness (QED) is 0.638. The van der Waals surface area contributed by atoms with Gasteiger partial charge in [-0.2, -0.15) is 0 Å². The minimum Gasteiger partial charge on any atom is -0.362 e. The molecule has 2 saturated heterocycles. The maximum absolute atomic E-state index is 13.1. The summed E-state index contributed by atoms with van der Waals surface area (Å²) in [4.78, 5) is 60.7. The summed E-state index contributed by atoms with van der Waals surface area (Å²) in [5.41, 5.74) is 1.17. The number of morpholine rings is 1. The van der Waals surface area contributed by atoms with Crippen molar-refractivity contribution in [1.29, 1.82) is 0 Å². The van der Waals surface area contributed by atoms with Crippen molar-refractivity contribution in [3.05, 3.63) is 53.4 Å². The smallest absolute Gasteiger partial charge is 0.259 e. The van der Waals surface area contributed by atoms with E-state index in [1.54, 1.807) is 11.8 Å². The number of likely N-dealkylation sites (tertiary alicyclic amines) is 1. The number of aromatic nitrogens is 2. The summed E-state index contributed by atoms with van der Waals surface area (Å²) in [5.74, 6) is -1.49. The number of hydrogen-bond donors (Lipinski definition) is 1. The third-order valence-electron chi connectivity index (χ3n) is 5.82. The molecule has 1 unspecified atom stereocenters. The summed E-state index contributed by atoms with van der Waals surface area (Å²) >= 11 is 0. The molecule has 3 heterocycles. The van der Waals surface area contributed by atoms with E-state index in [2.05, 4.69) is 15.3 Å². The first-order valence-electron chi connectivity index (χ1n) is 10.9. The van der Waals surface area contributed by atoms with Gasteiger partial charge in [-0.05, 0) is 44.0 Å². The SMILES string of the molecule is Cc1nc(C2CCCN2C(=O)CCN2C(=O)COCC2=O)ncc1C(=O)Nc1ccc(F)cc1. The van der Waals surface area contributed by atoms with Gasteiger partial charge in [0.2, 0.25) is 5.91 Å². The van der Waals surface area contributed by atoms with Crippen LogP contribution >= 0.6 is 0 Å². The molecule has 0 spiro atoms.